The van der Waals surface area contributed by atoms with Gasteiger partial charge in [-0.2, -0.15) is 0 Å². The van der Waals surface area contributed by atoms with Crippen molar-refractivity contribution in [2.75, 3.05) is 5.32 Å². The van der Waals surface area contributed by atoms with Crippen LogP contribution < -0.4 is 5.32 Å². The Morgan fingerprint density at radius 3 is 2.57 bits per heavy atom. The molecule has 2 rings (SSSR count). The van der Waals surface area contributed by atoms with Crippen LogP contribution in [0.15, 0.2) is 33.5 Å². The summed E-state index contributed by atoms with van der Waals surface area (Å²) in [6, 6.07) is 7.50. The topological polar surface area (TPSA) is 54.9 Å². The molecule has 4 nitrogen and oxygen atoms in total. The molecular weight excluding hydrogens is 370 g/mol. The molecule has 0 radical (unpaired) electrons. The smallest absolute Gasteiger partial charge is 0.239 e. The van der Waals surface area contributed by atoms with Crippen LogP contribution in [0.2, 0.25) is 5.02 Å². The Morgan fingerprint density at radius 2 is 1.96 bits per heavy atom. The molecule has 2 aromatic rings. The van der Waals surface area contributed by atoms with Crippen molar-refractivity contribution < 1.29 is 4.79 Å². The SMILES string of the molecule is CCC(Sc1ccc(Cl)cc1)C(=O)Nc1nnc(SC(C)C)s1. The maximum atomic E-state index is 12.4. The van der Waals surface area contributed by atoms with Crippen LogP contribution in [0.25, 0.3) is 0 Å². The summed E-state index contributed by atoms with van der Waals surface area (Å²) >= 11 is 10.5. The van der Waals surface area contributed by atoms with Crippen LogP contribution in [-0.4, -0.2) is 26.6 Å². The Kier molecular flexibility index (Phi) is 7.20. The Labute approximate surface area is 153 Å². The van der Waals surface area contributed by atoms with Gasteiger partial charge in [0, 0.05) is 15.2 Å². The van der Waals surface area contributed by atoms with Crippen LogP contribution in [-0.2, 0) is 4.79 Å². The van der Waals surface area contributed by atoms with Gasteiger partial charge in [-0.25, -0.2) is 0 Å². The number of amides is 1. The van der Waals surface area contributed by atoms with Gasteiger partial charge >= 0.3 is 0 Å². The zero-order chi connectivity index (χ0) is 16.8. The summed E-state index contributed by atoms with van der Waals surface area (Å²) in [6.07, 6.45) is 0.728. The summed E-state index contributed by atoms with van der Waals surface area (Å²) in [7, 11) is 0. The van der Waals surface area contributed by atoms with E-state index < -0.39 is 0 Å². The van der Waals surface area contributed by atoms with E-state index in [1.165, 1.54) is 23.1 Å². The molecule has 1 aromatic heterocycles. The van der Waals surface area contributed by atoms with Crippen molar-refractivity contribution in [2.45, 2.75) is 46.9 Å². The number of thioether (sulfide) groups is 2. The Balaban J connectivity index is 1.96. The van der Waals surface area contributed by atoms with E-state index in [0.29, 0.717) is 15.4 Å². The Hall–Kier alpha value is -0.760. The van der Waals surface area contributed by atoms with E-state index in [1.54, 1.807) is 11.8 Å². The van der Waals surface area contributed by atoms with Crippen LogP contribution >= 0.6 is 46.5 Å². The standard InChI is InChI=1S/C15H18ClN3OS3/c1-4-12(22-11-7-5-10(16)6-8-11)13(20)17-14-18-19-15(23-14)21-9(2)3/h5-9,12H,4H2,1-3H3,(H,17,18,20). The van der Waals surface area contributed by atoms with Crippen molar-refractivity contribution in [3.63, 3.8) is 0 Å². The molecule has 0 saturated heterocycles. The van der Waals surface area contributed by atoms with Gasteiger partial charge in [0.1, 0.15) is 0 Å². The highest BCUT2D eigenvalue weighted by Gasteiger charge is 2.19. The summed E-state index contributed by atoms with van der Waals surface area (Å²) in [5.41, 5.74) is 0. The van der Waals surface area contributed by atoms with Gasteiger partial charge in [-0.15, -0.1) is 22.0 Å². The number of nitrogens with one attached hydrogen (secondary N) is 1. The minimum absolute atomic E-state index is 0.0512. The van der Waals surface area contributed by atoms with Gasteiger partial charge in [-0.05, 0) is 30.7 Å². The van der Waals surface area contributed by atoms with Gasteiger partial charge in [-0.1, -0.05) is 55.5 Å². The van der Waals surface area contributed by atoms with Crippen LogP contribution in [0.4, 0.5) is 5.13 Å². The number of halogens is 1. The first-order chi connectivity index (χ1) is 11.0. The second-order valence-corrected chi connectivity index (χ2v) is 9.51. The van der Waals surface area contributed by atoms with Gasteiger partial charge < -0.3 is 0 Å². The summed E-state index contributed by atoms with van der Waals surface area (Å²) in [5.74, 6) is -0.0512. The third-order valence-corrected chi connectivity index (χ3v) is 6.28. The average molecular weight is 388 g/mol. The molecule has 0 saturated carbocycles. The van der Waals surface area contributed by atoms with Crippen LogP contribution in [0.1, 0.15) is 27.2 Å². The lowest BCUT2D eigenvalue weighted by Crippen LogP contribution is -2.24. The van der Waals surface area contributed by atoms with Gasteiger partial charge in [-0.3, -0.25) is 10.1 Å². The normalized spacial score (nSPS) is 12.4. The Morgan fingerprint density at radius 1 is 1.26 bits per heavy atom. The molecule has 1 atom stereocenters. The molecule has 0 aliphatic carbocycles. The fourth-order valence-electron chi connectivity index (χ4n) is 1.70. The van der Waals surface area contributed by atoms with Gasteiger partial charge in [0.15, 0.2) is 4.34 Å². The first-order valence-electron chi connectivity index (χ1n) is 7.21. The van der Waals surface area contributed by atoms with Gasteiger partial charge in [0.25, 0.3) is 0 Å². The highest BCUT2D eigenvalue weighted by Crippen LogP contribution is 2.30. The van der Waals surface area contributed by atoms with Crippen molar-refractivity contribution in [1.82, 2.24) is 10.2 Å². The summed E-state index contributed by atoms with van der Waals surface area (Å²) in [4.78, 5) is 13.4. The molecule has 1 N–H and O–H groups in total. The molecule has 1 aromatic carbocycles. The summed E-state index contributed by atoms with van der Waals surface area (Å²) in [6.45, 7) is 6.19. The second-order valence-electron chi connectivity index (χ2n) is 5.00. The lowest BCUT2D eigenvalue weighted by molar-refractivity contribution is -0.115. The summed E-state index contributed by atoms with van der Waals surface area (Å²) in [5, 5.41) is 12.5. The number of aromatic nitrogens is 2. The third kappa shape index (κ3) is 5.99. The quantitative estimate of drug-likeness (QED) is 0.522. The molecule has 1 unspecified atom stereocenters. The van der Waals surface area contributed by atoms with E-state index in [9.17, 15) is 4.79 Å². The molecule has 0 bridgehead atoms. The number of nitrogens with zero attached hydrogens (tertiary/aromatic N) is 2. The molecular formula is C15H18ClN3OS3. The van der Waals surface area contributed by atoms with Crippen molar-refractivity contribution in [3.8, 4) is 0 Å². The molecule has 1 amide bonds. The number of hydrogen-bond donors (Lipinski definition) is 1. The number of anilines is 1. The van der Waals surface area contributed by atoms with Crippen molar-refractivity contribution in [3.05, 3.63) is 29.3 Å². The predicted molar refractivity (Wildman–Crippen MR) is 101 cm³/mol. The Bertz CT molecular complexity index is 646. The molecule has 0 aliphatic rings. The molecule has 0 spiro atoms. The lowest BCUT2D eigenvalue weighted by Gasteiger charge is -2.13. The van der Waals surface area contributed by atoms with Crippen molar-refractivity contribution >= 4 is 57.5 Å². The maximum absolute atomic E-state index is 12.4. The molecule has 124 valence electrons. The van der Waals surface area contributed by atoms with Crippen molar-refractivity contribution in [1.29, 1.82) is 0 Å². The fraction of sp³-hybridized carbons (Fsp3) is 0.400. The second kappa shape index (κ2) is 8.92. The highest BCUT2D eigenvalue weighted by molar-refractivity contribution is 8.01. The molecule has 0 aliphatic heterocycles. The van der Waals surface area contributed by atoms with Gasteiger partial charge in [0.2, 0.25) is 11.0 Å². The van der Waals surface area contributed by atoms with Crippen LogP contribution in [0.5, 0.6) is 0 Å². The zero-order valence-electron chi connectivity index (χ0n) is 13.1. The van der Waals surface area contributed by atoms with E-state index in [1.807, 2.05) is 31.2 Å². The van der Waals surface area contributed by atoms with E-state index >= 15 is 0 Å². The van der Waals surface area contributed by atoms with Crippen molar-refractivity contribution in [2.24, 2.45) is 0 Å². The number of rotatable bonds is 7. The third-order valence-electron chi connectivity index (χ3n) is 2.73. The highest BCUT2D eigenvalue weighted by atomic mass is 35.5. The number of carbonyl (C=O) groups is 1. The average Bonchev–Trinajstić information content (AvgIpc) is 2.92. The molecule has 8 heteroatoms. The maximum Gasteiger partial charge on any atom is 0.239 e. The first-order valence-corrected chi connectivity index (χ1v) is 10.2. The first kappa shape index (κ1) is 18.6. The zero-order valence-corrected chi connectivity index (χ0v) is 16.3. The lowest BCUT2D eigenvalue weighted by atomic mass is 10.3. The predicted octanol–water partition coefficient (Wildman–Crippen LogP) is 5.20. The molecule has 0 fully saturated rings. The van der Waals surface area contributed by atoms with E-state index in [0.717, 1.165) is 15.7 Å². The van der Waals surface area contributed by atoms with Gasteiger partial charge in [0.05, 0.1) is 5.25 Å². The number of benzene rings is 1. The van der Waals surface area contributed by atoms with Crippen LogP contribution in [0.3, 0.4) is 0 Å². The van der Waals surface area contributed by atoms with E-state index in [2.05, 4.69) is 29.4 Å². The largest absolute Gasteiger partial charge is 0.300 e. The monoisotopic (exact) mass is 387 g/mol. The van der Waals surface area contributed by atoms with E-state index in [4.69, 9.17) is 11.6 Å². The molecule has 23 heavy (non-hydrogen) atoms. The number of carbonyl (C=O) groups excluding carboxylic acids is 1. The minimum Gasteiger partial charge on any atom is -0.300 e. The summed E-state index contributed by atoms with van der Waals surface area (Å²) < 4.78 is 0.869. The van der Waals surface area contributed by atoms with Crippen LogP contribution in [0, 0.1) is 0 Å². The fourth-order valence-corrected chi connectivity index (χ4v) is 4.75. The van der Waals surface area contributed by atoms with E-state index in [-0.39, 0.29) is 11.2 Å². The minimum atomic E-state index is -0.179. The number of hydrogen-bond acceptors (Lipinski definition) is 6. The molecule has 1 heterocycles.